The first-order valence-electron chi connectivity index (χ1n) is 13.7. The van der Waals surface area contributed by atoms with E-state index in [1.807, 2.05) is 105 Å². The number of benzene rings is 3. The van der Waals surface area contributed by atoms with Gasteiger partial charge in [0, 0.05) is 11.7 Å². The fraction of sp³-hybridized carbons (Fsp3) is 0.303. The number of carbonyl (C=O) groups excluding carboxylic acids is 3. The molecule has 2 fully saturated rings. The highest BCUT2D eigenvalue weighted by molar-refractivity contribution is 6.11. The molecule has 1 N–H and O–H groups in total. The molecule has 0 saturated carbocycles. The Morgan fingerprint density at radius 1 is 0.925 bits per heavy atom. The molecule has 40 heavy (non-hydrogen) atoms. The topological polar surface area (TPSA) is 84.9 Å². The van der Waals surface area contributed by atoms with E-state index in [-0.39, 0.29) is 12.5 Å². The van der Waals surface area contributed by atoms with Crippen LogP contribution in [0.25, 0.3) is 0 Å². The predicted octanol–water partition coefficient (Wildman–Crippen LogP) is 5.11. The van der Waals surface area contributed by atoms with Crippen LogP contribution in [0, 0.1) is 5.92 Å². The SMILES string of the molecule is CCOC(=O)[C@H]1[C@@H]2C(=O)O[C@@H](c3ccccc3)[C@@H](c3ccccc3)N2[C@@H](C=C(C)C)[C@]12C(=O)Nc1ccccc12. The normalized spacial score (nSPS) is 28.8. The van der Waals surface area contributed by atoms with E-state index in [1.54, 1.807) is 6.92 Å². The molecule has 3 aliphatic heterocycles. The number of hydrogen-bond donors (Lipinski definition) is 1. The van der Waals surface area contributed by atoms with E-state index in [2.05, 4.69) is 10.2 Å². The average molecular weight is 537 g/mol. The number of ether oxygens (including phenoxy) is 2. The lowest BCUT2D eigenvalue weighted by Gasteiger charge is -2.45. The molecule has 0 unspecified atom stereocenters. The highest BCUT2D eigenvalue weighted by Gasteiger charge is 2.73. The lowest BCUT2D eigenvalue weighted by atomic mass is 9.67. The summed E-state index contributed by atoms with van der Waals surface area (Å²) in [5.41, 5.74) is 2.65. The van der Waals surface area contributed by atoms with Gasteiger partial charge in [0.05, 0.1) is 12.6 Å². The summed E-state index contributed by atoms with van der Waals surface area (Å²) in [5, 5.41) is 3.03. The van der Waals surface area contributed by atoms with Crippen molar-refractivity contribution in [2.75, 3.05) is 11.9 Å². The molecule has 1 spiro atoms. The second-order valence-corrected chi connectivity index (χ2v) is 10.8. The van der Waals surface area contributed by atoms with Gasteiger partial charge in [-0.1, -0.05) is 90.5 Å². The van der Waals surface area contributed by atoms with Crippen LogP contribution in [0.3, 0.4) is 0 Å². The fourth-order valence-corrected chi connectivity index (χ4v) is 6.91. The Balaban J connectivity index is 1.66. The Hall–Kier alpha value is -4.23. The molecule has 3 heterocycles. The van der Waals surface area contributed by atoms with E-state index >= 15 is 0 Å². The smallest absolute Gasteiger partial charge is 0.325 e. The number of anilines is 1. The Morgan fingerprint density at radius 2 is 1.55 bits per heavy atom. The maximum atomic E-state index is 14.3. The molecule has 7 nitrogen and oxygen atoms in total. The highest BCUT2D eigenvalue weighted by atomic mass is 16.6. The third kappa shape index (κ3) is 3.79. The van der Waals surface area contributed by atoms with Gasteiger partial charge in [0.15, 0.2) is 0 Å². The van der Waals surface area contributed by atoms with Gasteiger partial charge < -0.3 is 14.8 Å². The third-order valence-electron chi connectivity index (χ3n) is 8.31. The number of nitrogens with one attached hydrogen (secondary N) is 1. The number of allylic oxidation sites excluding steroid dienone is 1. The first-order chi connectivity index (χ1) is 19.4. The van der Waals surface area contributed by atoms with Crippen LogP contribution >= 0.6 is 0 Å². The maximum Gasteiger partial charge on any atom is 0.325 e. The zero-order chi connectivity index (χ0) is 28.0. The summed E-state index contributed by atoms with van der Waals surface area (Å²) >= 11 is 0. The molecule has 0 aromatic heterocycles. The van der Waals surface area contributed by atoms with Crippen LogP contribution in [0.2, 0.25) is 0 Å². The molecule has 6 atom stereocenters. The quantitative estimate of drug-likeness (QED) is 0.360. The van der Waals surface area contributed by atoms with Gasteiger partial charge in [-0.3, -0.25) is 19.3 Å². The summed E-state index contributed by atoms with van der Waals surface area (Å²) in [6, 6.07) is 24.8. The number of fused-ring (bicyclic) bond motifs is 3. The monoisotopic (exact) mass is 536 g/mol. The number of nitrogens with zero attached hydrogens (tertiary/aromatic N) is 1. The summed E-state index contributed by atoms with van der Waals surface area (Å²) in [6.07, 6.45) is 1.36. The predicted molar refractivity (Wildman–Crippen MR) is 150 cm³/mol. The van der Waals surface area contributed by atoms with Crippen molar-refractivity contribution in [1.82, 2.24) is 4.90 Å². The molecule has 0 radical (unpaired) electrons. The van der Waals surface area contributed by atoms with Crippen molar-refractivity contribution in [2.45, 2.75) is 50.4 Å². The number of hydrogen-bond acceptors (Lipinski definition) is 6. The van der Waals surface area contributed by atoms with Crippen LogP contribution < -0.4 is 5.32 Å². The van der Waals surface area contributed by atoms with Crippen molar-refractivity contribution in [3.05, 3.63) is 113 Å². The van der Waals surface area contributed by atoms with Gasteiger partial charge in [-0.05, 0) is 43.5 Å². The minimum atomic E-state index is -1.40. The van der Waals surface area contributed by atoms with Gasteiger partial charge in [-0.2, -0.15) is 0 Å². The van der Waals surface area contributed by atoms with Gasteiger partial charge in [-0.15, -0.1) is 0 Å². The van der Waals surface area contributed by atoms with Crippen LogP contribution in [0.15, 0.2) is 96.6 Å². The largest absolute Gasteiger partial charge is 0.466 e. The van der Waals surface area contributed by atoms with Crippen molar-refractivity contribution in [3.8, 4) is 0 Å². The lowest BCUT2D eigenvalue weighted by Crippen LogP contribution is -2.53. The van der Waals surface area contributed by atoms with Crippen LogP contribution in [0.1, 0.15) is 49.6 Å². The summed E-state index contributed by atoms with van der Waals surface area (Å²) in [6.45, 7) is 5.78. The highest BCUT2D eigenvalue weighted by Crippen LogP contribution is 2.60. The summed E-state index contributed by atoms with van der Waals surface area (Å²) < 4.78 is 11.9. The second kappa shape index (κ2) is 10.1. The summed E-state index contributed by atoms with van der Waals surface area (Å²) in [7, 11) is 0. The molecule has 204 valence electrons. The molecule has 3 aromatic rings. The van der Waals surface area contributed by atoms with Gasteiger partial charge >= 0.3 is 11.9 Å². The number of carbonyl (C=O) groups is 3. The molecule has 0 bridgehead atoms. The number of cyclic esters (lactones) is 1. The van der Waals surface area contributed by atoms with Crippen LogP contribution in [-0.4, -0.2) is 41.4 Å². The van der Waals surface area contributed by atoms with Crippen molar-refractivity contribution >= 4 is 23.5 Å². The molecule has 2 saturated heterocycles. The molecule has 3 aromatic carbocycles. The van der Waals surface area contributed by atoms with Crippen molar-refractivity contribution < 1.29 is 23.9 Å². The van der Waals surface area contributed by atoms with Gasteiger partial charge in [0.1, 0.15) is 23.5 Å². The fourth-order valence-electron chi connectivity index (χ4n) is 6.91. The molecular formula is C33H32N2O5. The van der Waals surface area contributed by atoms with Crippen molar-refractivity contribution in [3.63, 3.8) is 0 Å². The number of para-hydroxylation sites is 1. The second-order valence-electron chi connectivity index (χ2n) is 10.8. The number of esters is 2. The summed E-state index contributed by atoms with van der Waals surface area (Å²) in [4.78, 5) is 44.4. The molecule has 1 amide bonds. The van der Waals surface area contributed by atoms with E-state index < -0.39 is 47.5 Å². The number of morpholine rings is 1. The van der Waals surface area contributed by atoms with E-state index in [9.17, 15) is 14.4 Å². The Morgan fingerprint density at radius 3 is 2.20 bits per heavy atom. The van der Waals surface area contributed by atoms with Gasteiger partial charge in [0.2, 0.25) is 5.91 Å². The van der Waals surface area contributed by atoms with Crippen LogP contribution in [0.5, 0.6) is 0 Å². The van der Waals surface area contributed by atoms with Gasteiger partial charge in [0.25, 0.3) is 0 Å². The first kappa shape index (κ1) is 26.0. The van der Waals surface area contributed by atoms with E-state index in [0.717, 1.165) is 16.7 Å². The zero-order valence-corrected chi connectivity index (χ0v) is 22.7. The van der Waals surface area contributed by atoms with E-state index in [0.29, 0.717) is 11.3 Å². The Bertz CT molecular complexity index is 1480. The molecule has 3 aliphatic rings. The standard InChI is InChI=1S/C33H32N2O5/c1-4-39-30(36)26-28-31(37)40-29(22-15-9-6-10-16-22)27(21-13-7-5-8-14-21)35(28)25(19-20(2)3)33(26)23-17-11-12-18-24(23)34-32(33)38/h5-19,25-29H,4H2,1-3H3,(H,34,38)/t25-,26+,27+,28+,29-,33-/m0/s1. The Labute approximate surface area is 233 Å². The van der Waals surface area contributed by atoms with Crippen molar-refractivity contribution in [2.24, 2.45) is 5.92 Å². The van der Waals surface area contributed by atoms with E-state index in [4.69, 9.17) is 9.47 Å². The van der Waals surface area contributed by atoms with Crippen molar-refractivity contribution in [1.29, 1.82) is 0 Å². The summed E-state index contributed by atoms with van der Waals surface area (Å²) in [5.74, 6) is -2.57. The number of rotatable bonds is 5. The number of amides is 1. The van der Waals surface area contributed by atoms with Gasteiger partial charge in [-0.25, -0.2) is 0 Å². The van der Waals surface area contributed by atoms with Crippen LogP contribution in [0.4, 0.5) is 5.69 Å². The Kier molecular flexibility index (Phi) is 6.55. The molecule has 0 aliphatic carbocycles. The van der Waals surface area contributed by atoms with Crippen LogP contribution in [-0.2, 0) is 29.3 Å². The third-order valence-corrected chi connectivity index (χ3v) is 8.31. The minimum absolute atomic E-state index is 0.124. The first-order valence-corrected chi connectivity index (χ1v) is 13.7. The minimum Gasteiger partial charge on any atom is -0.466 e. The molecular weight excluding hydrogens is 504 g/mol. The lowest BCUT2D eigenvalue weighted by molar-refractivity contribution is -0.179. The maximum absolute atomic E-state index is 14.3. The molecule has 6 rings (SSSR count). The zero-order valence-electron chi connectivity index (χ0n) is 22.7. The molecule has 7 heteroatoms. The van der Waals surface area contributed by atoms with E-state index in [1.165, 1.54) is 0 Å². The average Bonchev–Trinajstić information content (AvgIpc) is 3.42.